The number of hydrogen-bond donors (Lipinski definition) is 5. The standard InChI is InChI=1S/C12H22ClN3O8/c1-2-5-23-10-12(21,9(19)8(18)7(6-17)24-10)14-11(20)16(15-22)4-3-13/h7-10,17-19,21H,2-6H2,1H3,(H,14,20)/t7-,8-,9+,10+,12+/m1/s1. The number of urea groups is 1. The molecule has 1 saturated heterocycles. The van der Waals surface area contributed by atoms with Crippen molar-refractivity contribution in [1.29, 1.82) is 0 Å². The largest absolute Gasteiger partial charge is 0.394 e. The summed E-state index contributed by atoms with van der Waals surface area (Å²) < 4.78 is 10.5. The molecular formula is C12H22ClN3O8. The highest BCUT2D eigenvalue weighted by atomic mass is 35.5. The minimum absolute atomic E-state index is 0.0956. The van der Waals surface area contributed by atoms with Crippen molar-refractivity contribution in [1.82, 2.24) is 10.3 Å². The number of rotatable bonds is 8. The van der Waals surface area contributed by atoms with E-state index in [-0.39, 0.29) is 19.0 Å². The van der Waals surface area contributed by atoms with Crippen LogP contribution in [-0.4, -0.2) is 87.4 Å². The number of nitrogens with zero attached hydrogens (tertiary/aromatic N) is 2. The van der Waals surface area contributed by atoms with E-state index in [1.165, 1.54) is 0 Å². The van der Waals surface area contributed by atoms with Crippen molar-refractivity contribution < 1.29 is 34.7 Å². The van der Waals surface area contributed by atoms with Crippen molar-refractivity contribution in [3.05, 3.63) is 4.91 Å². The summed E-state index contributed by atoms with van der Waals surface area (Å²) in [5.41, 5.74) is -2.58. The number of aliphatic hydroxyl groups excluding tert-OH is 3. The average Bonchev–Trinajstić information content (AvgIpc) is 2.57. The molecule has 1 fully saturated rings. The summed E-state index contributed by atoms with van der Waals surface area (Å²) in [5, 5.41) is 44.7. The molecule has 5 N–H and O–H groups in total. The maximum absolute atomic E-state index is 12.0. The summed E-state index contributed by atoms with van der Waals surface area (Å²) in [5.74, 6) is -0.0956. The van der Waals surface area contributed by atoms with E-state index in [0.717, 1.165) is 0 Å². The third-order valence-electron chi connectivity index (χ3n) is 3.40. The second-order valence-electron chi connectivity index (χ2n) is 5.14. The molecule has 1 aliphatic heterocycles. The summed E-state index contributed by atoms with van der Waals surface area (Å²) in [6.07, 6.45) is -5.98. The van der Waals surface area contributed by atoms with Gasteiger partial charge in [-0.15, -0.1) is 16.5 Å². The van der Waals surface area contributed by atoms with Crippen LogP contribution < -0.4 is 5.32 Å². The number of aliphatic hydroxyl groups is 4. The minimum Gasteiger partial charge on any atom is -0.394 e. The van der Waals surface area contributed by atoms with Crippen LogP contribution in [0.4, 0.5) is 4.79 Å². The molecule has 1 aliphatic rings. The number of amides is 2. The monoisotopic (exact) mass is 371 g/mol. The quantitative estimate of drug-likeness (QED) is 0.149. The van der Waals surface area contributed by atoms with Gasteiger partial charge in [0.05, 0.1) is 18.4 Å². The molecular weight excluding hydrogens is 350 g/mol. The first-order chi connectivity index (χ1) is 11.3. The van der Waals surface area contributed by atoms with E-state index in [1.807, 2.05) is 5.32 Å². The number of halogens is 1. The zero-order chi connectivity index (χ0) is 18.3. The van der Waals surface area contributed by atoms with E-state index >= 15 is 0 Å². The van der Waals surface area contributed by atoms with Gasteiger partial charge in [0.25, 0.3) is 0 Å². The van der Waals surface area contributed by atoms with Gasteiger partial charge in [-0.1, -0.05) is 6.92 Å². The Balaban J connectivity index is 3.01. The summed E-state index contributed by atoms with van der Waals surface area (Å²) in [6.45, 7) is 0.976. The molecule has 0 aromatic carbocycles. The van der Waals surface area contributed by atoms with Crippen LogP contribution in [0.15, 0.2) is 5.29 Å². The topological polar surface area (TPSA) is 161 Å². The van der Waals surface area contributed by atoms with Crippen molar-refractivity contribution >= 4 is 17.6 Å². The Labute approximate surface area is 143 Å². The van der Waals surface area contributed by atoms with Crippen LogP contribution in [-0.2, 0) is 9.47 Å². The molecule has 0 aromatic rings. The molecule has 11 nitrogen and oxygen atoms in total. The van der Waals surface area contributed by atoms with Crippen LogP contribution in [0, 0.1) is 4.91 Å². The van der Waals surface area contributed by atoms with E-state index in [1.54, 1.807) is 6.92 Å². The lowest BCUT2D eigenvalue weighted by Gasteiger charge is -2.47. The number of nitroso groups, excluding NO2 is 1. The summed E-state index contributed by atoms with van der Waals surface area (Å²) in [4.78, 5) is 22.7. The Kier molecular flexibility index (Phi) is 8.22. The van der Waals surface area contributed by atoms with Crippen molar-refractivity contribution in [2.75, 3.05) is 25.6 Å². The number of nitrogens with one attached hydrogen (secondary N) is 1. The molecule has 2 amide bonds. The van der Waals surface area contributed by atoms with Crippen LogP contribution in [0.2, 0.25) is 0 Å². The summed E-state index contributed by atoms with van der Waals surface area (Å²) >= 11 is 5.43. The Bertz CT molecular complexity index is 431. The fourth-order valence-corrected chi connectivity index (χ4v) is 2.28. The van der Waals surface area contributed by atoms with E-state index < -0.39 is 43.0 Å². The van der Waals surface area contributed by atoms with Gasteiger partial charge in [0.15, 0.2) is 0 Å². The van der Waals surface area contributed by atoms with Crippen molar-refractivity contribution in [3.63, 3.8) is 0 Å². The highest BCUT2D eigenvalue weighted by Gasteiger charge is 2.57. The molecule has 0 saturated carbocycles. The molecule has 1 heterocycles. The first kappa shape index (κ1) is 21.0. The Hall–Kier alpha value is -1.08. The van der Waals surface area contributed by atoms with Crippen LogP contribution in [0.3, 0.4) is 0 Å². The molecule has 0 bridgehead atoms. The molecule has 24 heavy (non-hydrogen) atoms. The molecule has 1 rings (SSSR count). The van der Waals surface area contributed by atoms with Crippen LogP contribution in [0.5, 0.6) is 0 Å². The smallest absolute Gasteiger partial charge is 0.342 e. The fourth-order valence-electron chi connectivity index (χ4n) is 2.12. The van der Waals surface area contributed by atoms with Gasteiger partial charge in [-0.05, 0) is 6.42 Å². The zero-order valence-corrected chi connectivity index (χ0v) is 13.8. The Morgan fingerprint density at radius 2 is 2.17 bits per heavy atom. The van der Waals surface area contributed by atoms with Gasteiger partial charge in [-0.25, -0.2) is 4.79 Å². The predicted octanol–water partition coefficient (Wildman–Crippen LogP) is -1.53. The van der Waals surface area contributed by atoms with Crippen LogP contribution >= 0.6 is 11.6 Å². The van der Waals surface area contributed by atoms with E-state index in [0.29, 0.717) is 11.4 Å². The van der Waals surface area contributed by atoms with Gasteiger partial charge in [0.2, 0.25) is 12.0 Å². The van der Waals surface area contributed by atoms with Gasteiger partial charge in [0, 0.05) is 12.5 Å². The van der Waals surface area contributed by atoms with Crippen molar-refractivity contribution in [2.24, 2.45) is 5.29 Å². The maximum Gasteiger partial charge on any atom is 0.342 e. The third-order valence-corrected chi connectivity index (χ3v) is 3.57. The van der Waals surface area contributed by atoms with E-state index in [4.69, 9.17) is 21.1 Å². The predicted molar refractivity (Wildman–Crippen MR) is 80.7 cm³/mol. The molecule has 5 atom stereocenters. The highest BCUT2D eigenvalue weighted by molar-refractivity contribution is 6.18. The number of hydrogen-bond acceptors (Lipinski definition) is 9. The average molecular weight is 372 g/mol. The van der Waals surface area contributed by atoms with E-state index in [2.05, 4.69) is 5.29 Å². The summed E-state index contributed by atoms with van der Waals surface area (Å²) in [6, 6.07) is -1.17. The van der Waals surface area contributed by atoms with Crippen LogP contribution in [0.1, 0.15) is 13.3 Å². The van der Waals surface area contributed by atoms with Gasteiger partial charge >= 0.3 is 6.03 Å². The number of ether oxygens (including phenoxy) is 2. The molecule has 0 aliphatic carbocycles. The van der Waals surface area contributed by atoms with Crippen LogP contribution in [0.25, 0.3) is 0 Å². The number of carbonyl (C=O) groups excluding carboxylic acids is 1. The first-order valence-electron chi connectivity index (χ1n) is 7.31. The second-order valence-corrected chi connectivity index (χ2v) is 5.52. The third kappa shape index (κ3) is 4.51. The molecule has 0 spiro atoms. The molecule has 0 radical (unpaired) electrons. The molecule has 0 unspecified atom stereocenters. The van der Waals surface area contributed by atoms with Gasteiger partial charge in [-0.2, -0.15) is 5.01 Å². The summed E-state index contributed by atoms with van der Waals surface area (Å²) in [7, 11) is 0. The lowest BCUT2D eigenvalue weighted by molar-refractivity contribution is -0.347. The SMILES string of the molecule is CCCO[C@H]1O[C@H](CO)[C@@H](O)[C@H](O)[C@@]1(O)NC(=O)N(CCCl)N=O. The maximum atomic E-state index is 12.0. The van der Waals surface area contributed by atoms with Gasteiger partial charge in [0.1, 0.15) is 18.3 Å². The lowest BCUT2D eigenvalue weighted by atomic mass is 9.93. The lowest BCUT2D eigenvalue weighted by Crippen LogP contribution is -2.74. The fraction of sp³-hybridized carbons (Fsp3) is 0.917. The Morgan fingerprint density at radius 1 is 1.50 bits per heavy atom. The highest BCUT2D eigenvalue weighted by Crippen LogP contribution is 2.29. The molecule has 140 valence electrons. The minimum atomic E-state index is -2.58. The second kappa shape index (κ2) is 9.42. The first-order valence-corrected chi connectivity index (χ1v) is 7.84. The molecule has 0 aromatic heterocycles. The zero-order valence-electron chi connectivity index (χ0n) is 13.0. The van der Waals surface area contributed by atoms with Crippen molar-refractivity contribution in [2.45, 2.75) is 43.7 Å². The van der Waals surface area contributed by atoms with E-state index in [9.17, 15) is 30.1 Å². The number of alkyl halides is 1. The normalized spacial score (nSPS) is 33.1. The van der Waals surface area contributed by atoms with Gasteiger partial charge < -0.3 is 35.2 Å². The Morgan fingerprint density at radius 3 is 2.67 bits per heavy atom. The number of carbonyl (C=O) groups is 1. The molecule has 12 heteroatoms. The van der Waals surface area contributed by atoms with Gasteiger partial charge in [-0.3, -0.25) is 0 Å². The van der Waals surface area contributed by atoms with Crippen molar-refractivity contribution in [3.8, 4) is 0 Å².